The number of nitrogens with two attached hydrogens (primary N) is 1. The average Bonchev–Trinajstić information content (AvgIpc) is 3.12. The lowest BCUT2D eigenvalue weighted by Gasteiger charge is -2.23. The smallest absolute Gasteiger partial charge is 0.231 e. The molecule has 1 aliphatic rings. The number of hydrogen-bond donors (Lipinski definition) is 1. The molecular weight excluding hydrogens is 368 g/mol. The summed E-state index contributed by atoms with van der Waals surface area (Å²) in [5, 5.41) is 0. The van der Waals surface area contributed by atoms with Crippen molar-refractivity contribution in [2.24, 2.45) is 0 Å². The molecule has 0 bridgehead atoms. The van der Waals surface area contributed by atoms with Crippen LogP contribution in [0.5, 0.6) is 11.5 Å². The van der Waals surface area contributed by atoms with Gasteiger partial charge in [-0.2, -0.15) is 0 Å². The Balaban J connectivity index is 0.00000261. The number of nitrogens with zero attached hydrogens (tertiary/aromatic N) is 1. The van der Waals surface area contributed by atoms with Crippen LogP contribution in [0, 0.1) is 0 Å². The highest BCUT2D eigenvalue weighted by molar-refractivity contribution is 5.85. The summed E-state index contributed by atoms with van der Waals surface area (Å²) in [6.07, 6.45) is 1.03. The van der Waals surface area contributed by atoms with Crippen molar-refractivity contribution in [3.05, 3.63) is 53.6 Å². The fourth-order valence-corrected chi connectivity index (χ4v) is 2.91. The van der Waals surface area contributed by atoms with Crippen molar-refractivity contribution in [2.45, 2.75) is 19.4 Å². The van der Waals surface area contributed by atoms with E-state index < -0.39 is 0 Å². The Labute approximate surface area is 165 Å². The maximum atomic E-state index is 12.7. The first-order valence-corrected chi connectivity index (χ1v) is 8.66. The normalized spacial score (nSPS) is 11.7. The number of nitrogen functional groups attached to an aromatic ring is 1. The maximum absolute atomic E-state index is 12.7. The Morgan fingerprint density at radius 1 is 1.19 bits per heavy atom. The molecule has 0 fully saturated rings. The number of amides is 1. The van der Waals surface area contributed by atoms with E-state index >= 15 is 0 Å². The number of halogens is 1. The van der Waals surface area contributed by atoms with E-state index in [9.17, 15) is 4.79 Å². The Morgan fingerprint density at radius 2 is 1.96 bits per heavy atom. The minimum Gasteiger partial charge on any atom is -0.454 e. The van der Waals surface area contributed by atoms with E-state index in [1.807, 2.05) is 42.5 Å². The largest absolute Gasteiger partial charge is 0.454 e. The van der Waals surface area contributed by atoms with E-state index in [1.54, 1.807) is 12.0 Å². The number of carbonyl (C=O) groups excluding carboxylic acids is 1. The molecule has 6 nitrogen and oxygen atoms in total. The van der Waals surface area contributed by atoms with E-state index in [1.165, 1.54) is 0 Å². The Hall–Kier alpha value is -2.44. The SMILES string of the molecule is COCCN(Cc1ccc2c(c1)OCO2)C(=O)CCc1ccccc1N.Cl. The van der Waals surface area contributed by atoms with Crippen molar-refractivity contribution >= 4 is 24.0 Å². The van der Waals surface area contributed by atoms with Gasteiger partial charge in [0.2, 0.25) is 12.7 Å². The summed E-state index contributed by atoms with van der Waals surface area (Å²) >= 11 is 0. The van der Waals surface area contributed by atoms with Gasteiger partial charge in [-0.3, -0.25) is 4.79 Å². The van der Waals surface area contributed by atoms with Gasteiger partial charge in [0.05, 0.1) is 6.61 Å². The van der Waals surface area contributed by atoms with Gasteiger partial charge in [0.25, 0.3) is 0 Å². The Bertz CT molecular complexity index is 769. The van der Waals surface area contributed by atoms with E-state index in [0.29, 0.717) is 32.5 Å². The predicted octanol–water partition coefficient (Wildman–Crippen LogP) is 3.03. The number of aryl methyl sites for hydroxylation is 1. The van der Waals surface area contributed by atoms with Crippen LogP contribution in [0.25, 0.3) is 0 Å². The third-order valence-corrected chi connectivity index (χ3v) is 4.39. The average molecular weight is 393 g/mol. The number of ether oxygens (including phenoxy) is 3. The molecule has 1 aliphatic heterocycles. The highest BCUT2D eigenvalue weighted by Crippen LogP contribution is 2.32. The van der Waals surface area contributed by atoms with Gasteiger partial charge in [-0.25, -0.2) is 0 Å². The molecule has 27 heavy (non-hydrogen) atoms. The second-order valence-corrected chi connectivity index (χ2v) is 6.19. The number of hydrogen-bond acceptors (Lipinski definition) is 5. The highest BCUT2D eigenvalue weighted by Gasteiger charge is 2.17. The molecule has 146 valence electrons. The van der Waals surface area contributed by atoms with Crippen LogP contribution >= 0.6 is 12.4 Å². The lowest BCUT2D eigenvalue weighted by Crippen LogP contribution is -2.33. The third kappa shape index (κ3) is 5.52. The fourth-order valence-electron chi connectivity index (χ4n) is 2.91. The van der Waals surface area contributed by atoms with Gasteiger partial charge in [-0.05, 0) is 35.7 Å². The van der Waals surface area contributed by atoms with E-state index in [-0.39, 0.29) is 25.1 Å². The number of anilines is 1. The van der Waals surface area contributed by atoms with Gasteiger partial charge >= 0.3 is 0 Å². The van der Waals surface area contributed by atoms with Gasteiger partial charge in [0.15, 0.2) is 11.5 Å². The molecule has 0 saturated heterocycles. The summed E-state index contributed by atoms with van der Waals surface area (Å²) in [6, 6.07) is 13.4. The monoisotopic (exact) mass is 392 g/mol. The molecule has 7 heteroatoms. The molecule has 0 spiro atoms. The molecule has 0 aliphatic carbocycles. The molecule has 0 radical (unpaired) electrons. The highest BCUT2D eigenvalue weighted by atomic mass is 35.5. The summed E-state index contributed by atoms with van der Waals surface area (Å²) in [4.78, 5) is 14.6. The Morgan fingerprint density at radius 3 is 2.74 bits per heavy atom. The second-order valence-electron chi connectivity index (χ2n) is 6.19. The van der Waals surface area contributed by atoms with Crippen LogP contribution in [0.2, 0.25) is 0 Å². The lowest BCUT2D eigenvalue weighted by molar-refractivity contribution is -0.132. The first-order chi connectivity index (χ1) is 12.7. The molecule has 0 aromatic heterocycles. The maximum Gasteiger partial charge on any atom is 0.231 e. The van der Waals surface area contributed by atoms with E-state index in [0.717, 1.165) is 28.3 Å². The van der Waals surface area contributed by atoms with Gasteiger partial charge in [0, 0.05) is 32.3 Å². The summed E-state index contributed by atoms with van der Waals surface area (Å²) < 4.78 is 15.9. The van der Waals surface area contributed by atoms with Gasteiger partial charge < -0.3 is 24.8 Å². The molecule has 1 heterocycles. The van der Waals surface area contributed by atoms with Crippen LogP contribution in [0.15, 0.2) is 42.5 Å². The molecule has 0 saturated carbocycles. The fraction of sp³-hybridized carbons (Fsp3) is 0.350. The van der Waals surface area contributed by atoms with E-state index in [4.69, 9.17) is 19.9 Å². The summed E-state index contributed by atoms with van der Waals surface area (Å²) in [7, 11) is 1.63. The summed E-state index contributed by atoms with van der Waals surface area (Å²) in [5.41, 5.74) is 8.68. The number of methoxy groups -OCH3 is 1. The molecule has 2 N–H and O–H groups in total. The minimum atomic E-state index is 0. The van der Waals surface area contributed by atoms with Crippen molar-refractivity contribution in [3.8, 4) is 11.5 Å². The number of rotatable bonds is 8. The van der Waals surface area contributed by atoms with E-state index in [2.05, 4.69) is 0 Å². The van der Waals surface area contributed by atoms with Crippen LogP contribution in [-0.4, -0.2) is 37.9 Å². The lowest BCUT2D eigenvalue weighted by atomic mass is 10.1. The van der Waals surface area contributed by atoms with Crippen LogP contribution in [0.3, 0.4) is 0 Å². The molecule has 2 aromatic carbocycles. The first kappa shape index (κ1) is 20.9. The zero-order valence-corrected chi connectivity index (χ0v) is 16.2. The number of benzene rings is 2. The molecule has 0 unspecified atom stereocenters. The quantitative estimate of drug-likeness (QED) is 0.699. The zero-order chi connectivity index (χ0) is 18.4. The standard InChI is InChI=1S/C20H24N2O4.ClH/c1-24-11-10-22(13-15-6-8-18-19(12-15)26-14-25-18)20(23)9-7-16-4-2-3-5-17(16)21;/h2-6,8,12H,7,9-11,13-14,21H2,1H3;1H. The van der Waals surface area contributed by atoms with Crippen LogP contribution in [0.4, 0.5) is 5.69 Å². The molecular formula is C20H25ClN2O4. The van der Waals surface area contributed by atoms with Gasteiger partial charge in [-0.15, -0.1) is 12.4 Å². The van der Waals surface area contributed by atoms with Crippen molar-refractivity contribution in [1.82, 2.24) is 4.90 Å². The van der Waals surface area contributed by atoms with Crippen LogP contribution in [-0.2, 0) is 22.5 Å². The number of fused-ring (bicyclic) bond motifs is 1. The summed E-state index contributed by atoms with van der Waals surface area (Å²) in [5.74, 6) is 1.53. The minimum absolute atomic E-state index is 0. The van der Waals surface area contributed by atoms with Gasteiger partial charge in [0.1, 0.15) is 0 Å². The van der Waals surface area contributed by atoms with Crippen LogP contribution < -0.4 is 15.2 Å². The number of para-hydroxylation sites is 1. The van der Waals surface area contributed by atoms with Crippen molar-refractivity contribution in [3.63, 3.8) is 0 Å². The first-order valence-electron chi connectivity index (χ1n) is 8.66. The zero-order valence-electron chi connectivity index (χ0n) is 15.3. The topological polar surface area (TPSA) is 74.0 Å². The Kier molecular flexibility index (Phi) is 7.76. The third-order valence-electron chi connectivity index (χ3n) is 4.39. The van der Waals surface area contributed by atoms with Crippen molar-refractivity contribution in [2.75, 3.05) is 32.8 Å². The molecule has 3 rings (SSSR count). The van der Waals surface area contributed by atoms with Gasteiger partial charge in [-0.1, -0.05) is 24.3 Å². The number of carbonyl (C=O) groups is 1. The van der Waals surface area contributed by atoms with Crippen molar-refractivity contribution in [1.29, 1.82) is 0 Å². The van der Waals surface area contributed by atoms with Crippen LogP contribution in [0.1, 0.15) is 17.5 Å². The molecule has 0 atom stereocenters. The van der Waals surface area contributed by atoms with Crippen molar-refractivity contribution < 1.29 is 19.0 Å². The molecule has 2 aromatic rings. The summed E-state index contributed by atoms with van der Waals surface area (Å²) in [6.45, 7) is 1.77. The second kappa shape index (κ2) is 10.0. The molecule has 1 amide bonds. The predicted molar refractivity (Wildman–Crippen MR) is 106 cm³/mol.